The van der Waals surface area contributed by atoms with E-state index >= 15 is 0 Å². The molecule has 0 aliphatic heterocycles. The van der Waals surface area contributed by atoms with Gasteiger partial charge < -0.3 is 9.67 Å². The monoisotopic (exact) mass is 267 g/mol. The number of hydrogen-bond donors (Lipinski definition) is 1. The second-order valence-corrected chi connectivity index (χ2v) is 5.03. The summed E-state index contributed by atoms with van der Waals surface area (Å²) in [6.07, 6.45) is 3.41. The van der Waals surface area contributed by atoms with Crippen LogP contribution in [0.1, 0.15) is 23.1 Å². The summed E-state index contributed by atoms with van der Waals surface area (Å²) in [7, 11) is 1.98. The van der Waals surface area contributed by atoms with Gasteiger partial charge in [-0.05, 0) is 36.2 Å². The molecule has 2 aromatic heterocycles. The quantitative estimate of drug-likeness (QED) is 0.793. The van der Waals surface area contributed by atoms with E-state index in [4.69, 9.17) is 0 Å². The van der Waals surface area contributed by atoms with Gasteiger partial charge in [0.15, 0.2) is 0 Å². The van der Waals surface area contributed by atoms with Gasteiger partial charge in [0.2, 0.25) is 0 Å². The minimum absolute atomic E-state index is 0.496. The van der Waals surface area contributed by atoms with Crippen LogP contribution in [-0.4, -0.2) is 19.6 Å². The molecule has 0 amide bonds. The molecule has 4 nitrogen and oxygen atoms in total. The number of imidazole rings is 1. The Morgan fingerprint density at radius 1 is 1.25 bits per heavy atom. The molecule has 1 aromatic carbocycles. The first kappa shape index (κ1) is 12.8. The third-order valence-electron chi connectivity index (χ3n) is 3.68. The molecule has 0 saturated carbocycles. The number of hydrogen-bond acceptors (Lipinski definition) is 3. The molecule has 102 valence electrons. The minimum atomic E-state index is -0.562. The summed E-state index contributed by atoms with van der Waals surface area (Å²) in [6, 6.07) is 9.86. The van der Waals surface area contributed by atoms with Gasteiger partial charge in [-0.1, -0.05) is 12.1 Å². The Bertz CT molecular complexity index is 748. The number of benzene rings is 1. The summed E-state index contributed by atoms with van der Waals surface area (Å²) in [5.74, 6) is 0.884. The first-order chi connectivity index (χ1) is 9.66. The van der Waals surface area contributed by atoms with E-state index in [1.165, 1.54) is 0 Å². The van der Waals surface area contributed by atoms with Crippen LogP contribution in [0.25, 0.3) is 11.0 Å². The molecule has 0 aliphatic rings. The van der Waals surface area contributed by atoms with Gasteiger partial charge in [0.1, 0.15) is 5.82 Å². The third kappa shape index (κ3) is 2.18. The average molecular weight is 267 g/mol. The van der Waals surface area contributed by atoms with Crippen LogP contribution in [0.4, 0.5) is 0 Å². The Labute approximate surface area is 117 Å². The molecule has 0 aliphatic carbocycles. The molecule has 1 atom stereocenters. The number of aliphatic hydroxyl groups excluding tert-OH is 1. The number of rotatable bonds is 3. The summed E-state index contributed by atoms with van der Waals surface area (Å²) in [6.45, 7) is 1.96. The van der Waals surface area contributed by atoms with Crippen molar-refractivity contribution in [2.24, 2.45) is 7.05 Å². The summed E-state index contributed by atoms with van der Waals surface area (Å²) in [5.41, 5.74) is 3.95. The maximum Gasteiger partial charge on any atom is 0.112 e. The van der Waals surface area contributed by atoms with Crippen LogP contribution in [-0.2, 0) is 13.5 Å². The van der Waals surface area contributed by atoms with E-state index in [-0.39, 0.29) is 0 Å². The topological polar surface area (TPSA) is 50.9 Å². The minimum Gasteiger partial charge on any atom is -0.388 e. The van der Waals surface area contributed by atoms with Crippen molar-refractivity contribution in [3.05, 3.63) is 59.7 Å². The first-order valence-electron chi connectivity index (χ1n) is 6.65. The van der Waals surface area contributed by atoms with Crippen molar-refractivity contribution < 1.29 is 5.11 Å². The first-order valence-corrected chi connectivity index (χ1v) is 6.65. The lowest BCUT2D eigenvalue weighted by atomic mass is 10.0. The number of pyridine rings is 1. The van der Waals surface area contributed by atoms with Crippen LogP contribution >= 0.6 is 0 Å². The molecule has 0 radical (unpaired) electrons. The lowest BCUT2D eigenvalue weighted by Gasteiger charge is -2.13. The van der Waals surface area contributed by atoms with E-state index in [1.54, 1.807) is 12.4 Å². The lowest BCUT2D eigenvalue weighted by Crippen LogP contribution is -2.08. The fourth-order valence-corrected chi connectivity index (χ4v) is 2.52. The Kier molecular flexibility index (Phi) is 3.24. The molecule has 2 heterocycles. The van der Waals surface area contributed by atoms with Crippen molar-refractivity contribution in [2.75, 3.05) is 0 Å². The van der Waals surface area contributed by atoms with E-state index in [2.05, 4.69) is 9.97 Å². The highest BCUT2D eigenvalue weighted by Crippen LogP contribution is 2.22. The molecule has 1 unspecified atom stereocenters. The maximum absolute atomic E-state index is 10.4. The van der Waals surface area contributed by atoms with Crippen molar-refractivity contribution in [3.63, 3.8) is 0 Å². The third-order valence-corrected chi connectivity index (χ3v) is 3.68. The Balaban J connectivity index is 1.93. The van der Waals surface area contributed by atoms with Gasteiger partial charge in [0.25, 0.3) is 0 Å². The highest BCUT2D eigenvalue weighted by Gasteiger charge is 2.15. The van der Waals surface area contributed by atoms with Gasteiger partial charge >= 0.3 is 0 Å². The van der Waals surface area contributed by atoms with E-state index < -0.39 is 6.10 Å². The van der Waals surface area contributed by atoms with Gasteiger partial charge in [-0.25, -0.2) is 4.98 Å². The molecule has 20 heavy (non-hydrogen) atoms. The van der Waals surface area contributed by atoms with E-state index in [9.17, 15) is 5.11 Å². The van der Waals surface area contributed by atoms with Gasteiger partial charge in [-0.15, -0.1) is 0 Å². The van der Waals surface area contributed by atoms with Gasteiger partial charge in [0, 0.05) is 25.9 Å². The molecule has 0 fully saturated rings. The number of para-hydroxylation sites is 2. The highest BCUT2D eigenvalue weighted by molar-refractivity contribution is 5.75. The van der Waals surface area contributed by atoms with Crippen molar-refractivity contribution in [2.45, 2.75) is 19.4 Å². The van der Waals surface area contributed by atoms with E-state index in [0.717, 1.165) is 28.0 Å². The highest BCUT2D eigenvalue weighted by atomic mass is 16.3. The van der Waals surface area contributed by atoms with Crippen LogP contribution in [0.5, 0.6) is 0 Å². The van der Waals surface area contributed by atoms with Gasteiger partial charge in [-0.3, -0.25) is 4.98 Å². The molecule has 0 spiro atoms. The smallest absolute Gasteiger partial charge is 0.112 e. The average Bonchev–Trinajstić information content (AvgIpc) is 2.76. The van der Waals surface area contributed by atoms with Gasteiger partial charge in [0.05, 0.1) is 17.1 Å². The van der Waals surface area contributed by atoms with E-state index in [0.29, 0.717) is 6.42 Å². The summed E-state index contributed by atoms with van der Waals surface area (Å²) >= 11 is 0. The fraction of sp³-hybridized carbons (Fsp3) is 0.250. The number of nitrogens with zero attached hydrogens (tertiary/aromatic N) is 3. The molecule has 3 aromatic rings. The summed E-state index contributed by atoms with van der Waals surface area (Å²) in [5, 5.41) is 10.4. The fourth-order valence-electron chi connectivity index (χ4n) is 2.52. The maximum atomic E-state index is 10.4. The molecule has 0 bridgehead atoms. The Morgan fingerprint density at radius 2 is 2.05 bits per heavy atom. The Hall–Kier alpha value is -2.20. The van der Waals surface area contributed by atoms with Crippen molar-refractivity contribution in [3.8, 4) is 0 Å². The van der Waals surface area contributed by atoms with Crippen molar-refractivity contribution in [1.82, 2.24) is 14.5 Å². The largest absolute Gasteiger partial charge is 0.388 e. The normalized spacial score (nSPS) is 12.8. The van der Waals surface area contributed by atoms with Crippen LogP contribution in [0, 0.1) is 6.92 Å². The zero-order valence-corrected chi connectivity index (χ0v) is 11.6. The van der Waals surface area contributed by atoms with Gasteiger partial charge in [-0.2, -0.15) is 0 Å². The number of aromatic nitrogens is 3. The van der Waals surface area contributed by atoms with Crippen LogP contribution < -0.4 is 0 Å². The second kappa shape index (κ2) is 5.06. The molecule has 3 rings (SSSR count). The molecular formula is C16H17N3O. The number of fused-ring (bicyclic) bond motifs is 1. The van der Waals surface area contributed by atoms with Crippen LogP contribution in [0.15, 0.2) is 42.7 Å². The predicted molar refractivity (Wildman–Crippen MR) is 78.4 cm³/mol. The standard InChI is InChI=1S/C16H17N3O/c1-11-10-17-8-7-12(11)15(20)9-16-18-13-5-3-4-6-14(13)19(16)2/h3-8,10,15,20H,9H2,1-2H3. The predicted octanol–water partition coefficient (Wildman–Crippen LogP) is 2.55. The zero-order valence-electron chi connectivity index (χ0n) is 11.6. The second-order valence-electron chi connectivity index (χ2n) is 5.03. The van der Waals surface area contributed by atoms with Crippen molar-refractivity contribution >= 4 is 11.0 Å². The summed E-state index contributed by atoms with van der Waals surface area (Å²) < 4.78 is 2.04. The summed E-state index contributed by atoms with van der Waals surface area (Å²) in [4.78, 5) is 8.65. The Morgan fingerprint density at radius 3 is 2.80 bits per heavy atom. The molecular weight excluding hydrogens is 250 g/mol. The van der Waals surface area contributed by atoms with Crippen LogP contribution in [0.3, 0.4) is 0 Å². The zero-order chi connectivity index (χ0) is 14.1. The molecule has 4 heteroatoms. The number of aryl methyl sites for hydroxylation is 2. The number of aliphatic hydroxyl groups is 1. The lowest BCUT2D eigenvalue weighted by molar-refractivity contribution is 0.174. The molecule has 0 saturated heterocycles. The SMILES string of the molecule is Cc1cnccc1C(O)Cc1nc2ccccc2n1C. The molecule has 1 N–H and O–H groups in total. The van der Waals surface area contributed by atoms with Crippen molar-refractivity contribution in [1.29, 1.82) is 0 Å². The van der Waals surface area contributed by atoms with E-state index in [1.807, 2.05) is 48.9 Å². The van der Waals surface area contributed by atoms with Crippen LogP contribution in [0.2, 0.25) is 0 Å².